The van der Waals surface area contributed by atoms with Crippen LogP contribution in [0.4, 0.5) is 4.39 Å². The summed E-state index contributed by atoms with van der Waals surface area (Å²) in [7, 11) is 1.95. The first-order valence-electron chi connectivity index (χ1n) is 5.48. The lowest BCUT2D eigenvalue weighted by atomic mass is 10.2. The van der Waals surface area contributed by atoms with E-state index >= 15 is 0 Å². The maximum absolute atomic E-state index is 13.5. The fourth-order valence-electron chi connectivity index (χ4n) is 1.51. The van der Waals surface area contributed by atoms with Gasteiger partial charge in [0, 0.05) is 17.7 Å². The number of pyridine rings is 1. The summed E-state index contributed by atoms with van der Waals surface area (Å²) < 4.78 is 20.9. The molecule has 1 aromatic heterocycles. The van der Waals surface area contributed by atoms with Gasteiger partial charge < -0.3 is 4.74 Å². The third-order valence-corrected chi connectivity index (χ3v) is 2.53. The Labute approximate surface area is 100 Å². The molecule has 0 aliphatic carbocycles. The van der Waals surface area contributed by atoms with Gasteiger partial charge in [0.2, 0.25) is 0 Å². The average Bonchev–Trinajstić information content (AvgIpc) is 2.30. The zero-order chi connectivity index (χ0) is 12.3. The summed E-state index contributed by atoms with van der Waals surface area (Å²) in [6.45, 7) is 2.23. The molecule has 0 spiro atoms. The normalized spacial score (nSPS) is 10.3. The molecule has 2 nitrogen and oxygen atoms in total. The second-order valence-electron chi connectivity index (χ2n) is 4.09. The molecule has 0 N–H and O–H groups in total. The van der Waals surface area contributed by atoms with Crippen LogP contribution in [0.2, 0.25) is 0 Å². The van der Waals surface area contributed by atoms with Gasteiger partial charge in [0.05, 0.1) is 0 Å². The van der Waals surface area contributed by atoms with Crippen LogP contribution in [-0.2, 0) is 13.7 Å². The minimum atomic E-state index is -0.313. The fourth-order valence-corrected chi connectivity index (χ4v) is 1.51. The van der Waals surface area contributed by atoms with Gasteiger partial charge in [-0.1, -0.05) is 6.07 Å². The van der Waals surface area contributed by atoms with Crippen molar-refractivity contribution in [2.75, 3.05) is 0 Å². The minimum absolute atomic E-state index is 0.295. The molecule has 0 atom stereocenters. The van der Waals surface area contributed by atoms with Gasteiger partial charge in [-0.05, 0) is 24.6 Å². The summed E-state index contributed by atoms with van der Waals surface area (Å²) in [5.74, 6) is -0.0182. The van der Waals surface area contributed by atoms with E-state index in [0.717, 1.165) is 11.1 Å². The number of hydrogen-bond donors (Lipinski definition) is 0. The molecule has 1 aromatic carbocycles. The summed E-state index contributed by atoms with van der Waals surface area (Å²) in [6, 6.07) is 8.87. The number of hydrogen-bond acceptors (Lipinski definition) is 1. The Morgan fingerprint density at radius 1 is 1.18 bits per heavy atom. The molecular weight excluding hydrogens is 217 g/mol. The van der Waals surface area contributed by atoms with Gasteiger partial charge in [-0.15, -0.1) is 0 Å². The summed E-state index contributed by atoms with van der Waals surface area (Å²) in [5, 5.41) is 0. The highest BCUT2D eigenvalue weighted by Crippen LogP contribution is 2.18. The third-order valence-electron chi connectivity index (χ3n) is 2.53. The van der Waals surface area contributed by atoms with Gasteiger partial charge in [0.1, 0.15) is 13.7 Å². The first kappa shape index (κ1) is 11.6. The number of halogens is 1. The molecule has 0 saturated heterocycles. The van der Waals surface area contributed by atoms with E-state index in [-0.39, 0.29) is 5.82 Å². The van der Waals surface area contributed by atoms with Crippen LogP contribution in [0.25, 0.3) is 0 Å². The summed E-state index contributed by atoms with van der Waals surface area (Å²) in [6.07, 6.45) is 3.87. The molecule has 3 heteroatoms. The molecule has 2 aromatic rings. The topological polar surface area (TPSA) is 13.1 Å². The number of nitrogens with zero attached hydrogens (tertiary/aromatic N) is 1. The van der Waals surface area contributed by atoms with Gasteiger partial charge in [0.25, 0.3) is 0 Å². The molecule has 0 amide bonds. The van der Waals surface area contributed by atoms with Crippen LogP contribution in [0.3, 0.4) is 0 Å². The molecular formula is C14H15FNO+. The quantitative estimate of drug-likeness (QED) is 0.741. The number of benzene rings is 1. The Kier molecular flexibility index (Phi) is 3.38. The van der Waals surface area contributed by atoms with Crippen molar-refractivity contribution in [2.45, 2.75) is 13.5 Å². The molecule has 88 valence electrons. The van der Waals surface area contributed by atoms with E-state index in [1.165, 1.54) is 6.07 Å². The molecule has 2 rings (SSSR count). The lowest BCUT2D eigenvalue weighted by molar-refractivity contribution is -0.671. The maximum Gasteiger partial charge on any atom is 0.168 e. The lowest BCUT2D eigenvalue weighted by Gasteiger charge is -2.07. The molecule has 0 fully saturated rings. The monoisotopic (exact) mass is 232 g/mol. The van der Waals surface area contributed by atoms with Crippen molar-refractivity contribution in [1.82, 2.24) is 0 Å². The Morgan fingerprint density at radius 2 is 1.88 bits per heavy atom. The Hall–Kier alpha value is -1.90. The highest BCUT2D eigenvalue weighted by atomic mass is 19.1. The molecule has 0 aliphatic heterocycles. The van der Waals surface area contributed by atoms with Crippen molar-refractivity contribution in [1.29, 1.82) is 0 Å². The Morgan fingerprint density at radius 3 is 2.53 bits per heavy atom. The lowest BCUT2D eigenvalue weighted by Crippen LogP contribution is -2.26. The van der Waals surface area contributed by atoms with Gasteiger partial charge in [0.15, 0.2) is 24.0 Å². The molecule has 0 radical (unpaired) electrons. The highest BCUT2D eigenvalue weighted by molar-refractivity contribution is 5.28. The zero-order valence-corrected chi connectivity index (χ0v) is 9.98. The summed E-state index contributed by atoms with van der Waals surface area (Å²) in [5.41, 5.74) is 1.91. The number of ether oxygens (including phenoxy) is 1. The standard InChI is InChI=1S/C14H15FNO/c1-11-3-4-14(13(15)9-11)17-10-12-5-7-16(2)8-6-12/h3-9H,10H2,1-2H3/q+1. The SMILES string of the molecule is Cc1ccc(OCc2cc[n+](C)cc2)c(F)c1. The molecule has 0 saturated carbocycles. The van der Waals surface area contributed by atoms with Crippen LogP contribution < -0.4 is 9.30 Å². The second kappa shape index (κ2) is 4.95. The van der Waals surface area contributed by atoms with Crippen LogP contribution in [0.1, 0.15) is 11.1 Å². The van der Waals surface area contributed by atoms with Gasteiger partial charge >= 0.3 is 0 Å². The summed E-state index contributed by atoms with van der Waals surface area (Å²) >= 11 is 0. The number of aromatic nitrogens is 1. The molecule has 0 aliphatic rings. The number of rotatable bonds is 3. The van der Waals surface area contributed by atoms with Gasteiger partial charge in [-0.3, -0.25) is 0 Å². The van der Waals surface area contributed by atoms with E-state index in [4.69, 9.17) is 4.74 Å². The fraction of sp³-hybridized carbons (Fsp3) is 0.214. The van der Waals surface area contributed by atoms with E-state index in [2.05, 4.69) is 0 Å². The van der Waals surface area contributed by atoms with E-state index in [1.54, 1.807) is 6.07 Å². The molecule has 0 unspecified atom stereocenters. The average molecular weight is 232 g/mol. The van der Waals surface area contributed by atoms with Crippen molar-refractivity contribution < 1.29 is 13.7 Å². The first-order valence-corrected chi connectivity index (χ1v) is 5.48. The molecule has 1 heterocycles. The predicted molar refractivity (Wildman–Crippen MR) is 63.1 cm³/mol. The largest absolute Gasteiger partial charge is 0.486 e. The zero-order valence-electron chi connectivity index (χ0n) is 9.98. The van der Waals surface area contributed by atoms with Crippen LogP contribution in [0.5, 0.6) is 5.75 Å². The van der Waals surface area contributed by atoms with Crippen molar-refractivity contribution in [3.8, 4) is 5.75 Å². The van der Waals surface area contributed by atoms with E-state index in [0.29, 0.717) is 12.4 Å². The Bertz CT molecular complexity index is 508. The minimum Gasteiger partial charge on any atom is -0.486 e. The van der Waals surface area contributed by atoms with Gasteiger partial charge in [-0.2, -0.15) is 0 Å². The van der Waals surface area contributed by atoms with Gasteiger partial charge in [-0.25, -0.2) is 8.96 Å². The van der Waals surface area contributed by atoms with Crippen LogP contribution >= 0.6 is 0 Å². The van der Waals surface area contributed by atoms with E-state index in [1.807, 2.05) is 49.1 Å². The second-order valence-corrected chi connectivity index (χ2v) is 4.09. The molecule has 0 bridgehead atoms. The third kappa shape index (κ3) is 3.03. The Balaban J connectivity index is 2.04. The highest BCUT2D eigenvalue weighted by Gasteiger charge is 2.04. The van der Waals surface area contributed by atoms with E-state index < -0.39 is 0 Å². The van der Waals surface area contributed by atoms with Crippen molar-refractivity contribution in [2.24, 2.45) is 7.05 Å². The summed E-state index contributed by atoms with van der Waals surface area (Å²) in [4.78, 5) is 0. The van der Waals surface area contributed by atoms with Crippen molar-refractivity contribution in [3.63, 3.8) is 0 Å². The first-order chi connectivity index (χ1) is 8.15. The molecule has 17 heavy (non-hydrogen) atoms. The van der Waals surface area contributed by atoms with E-state index in [9.17, 15) is 4.39 Å². The van der Waals surface area contributed by atoms with Crippen molar-refractivity contribution >= 4 is 0 Å². The number of aryl methyl sites for hydroxylation is 2. The van der Waals surface area contributed by atoms with Crippen molar-refractivity contribution in [3.05, 3.63) is 59.7 Å². The predicted octanol–water partition coefficient (Wildman–Crippen LogP) is 2.54. The van der Waals surface area contributed by atoms with Crippen LogP contribution in [-0.4, -0.2) is 0 Å². The van der Waals surface area contributed by atoms with Crippen LogP contribution in [0, 0.1) is 12.7 Å². The maximum atomic E-state index is 13.5. The van der Waals surface area contributed by atoms with Crippen LogP contribution in [0.15, 0.2) is 42.7 Å². The smallest absolute Gasteiger partial charge is 0.168 e.